The van der Waals surface area contributed by atoms with Crippen molar-refractivity contribution in [2.24, 2.45) is 0 Å². The van der Waals surface area contributed by atoms with E-state index in [0.717, 1.165) is 27.9 Å². The Hall–Kier alpha value is -3.18. The third-order valence-corrected chi connectivity index (χ3v) is 5.31. The number of fused-ring (bicyclic) bond motifs is 1. The van der Waals surface area contributed by atoms with Crippen LogP contribution in [0.2, 0.25) is 0 Å². The van der Waals surface area contributed by atoms with E-state index in [4.69, 9.17) is 0 Å². The van der Waals surface area contributed by atoms with Gasteiger partial charge < -0.3 is 9.67 Å². The first-order valence-electron chi connectivity index (χ1n) is 9.34. The molecular weight excluding hydrogens is 350 g/mol. The van der Waals surface area contributed by atoms with Gasteiger partial charge in [0.05, 0.1) is 18.3 Å². The highest BCUT2D eigenvalue weighted by atomic mass is 16.3. The average molecular weight is 373 g/mol. The molecule has 1 N–H and O–H groups in total. The minimum absolute atomic E-state index is 0.169. The molecule has 5 heteroatoms. The van der Waals surface area contributed by atoms with Gasteiger partial charge in [-0.1, -0.05) is 42.5 Å². The van der Waals surface area contributed by atoms with Gasteiger partial charge in [-0.05, 0) is 49.1 Å². The first-order chi connectivity index (χ1) is 13.4. The summed E-state index contributed by atoms with van der Waals surface area (Å²) in [6.45, 7) is 6.28. The number of rotatable bonds is 4. The van der Waals surface area contributed by atoms with Crippen molar-refractivity contribution >= 4 is 5.52 Å². The predicted octanol–water partition coefficient (Wildman–Crippen LogP) is 3.82. The zero-order valence-corrected chi connectivity index (χ0v) is 16.3. The Kier molecular flexibility index (Phi) is 4.61. The maximum absolute atomic E-state index is 12.9. The van der Waals surface area contributed by atoms with Gasteiger partial charge >= 0.3 is 0 Å². The molecule has 0 amide bonds. The molecule has 0 spiro atoms. The molecule has 2 aromatic heterocycles. The van der Waals surface area contributed by atoms with Crippen molar-refractivity contribution in [3.8, 4) is 11.3 Å². The fourth-order valence-electron chi connectivity index (χ4n) is 3.43. The number of aromatic nitrogens is 3. The van der Waals surface area contributed by atoms with Gasteiger partial charge in [-0.25, -0.2) is 4.52 Å². The SMILES string of the molecule is Cc1ccc([C@H](O)Cn2ccn3nc(-c4ccccc4C)cc3c2=O)cc1C. The van der Waals surface area contributed by atoms with Crippen LogP contribution in [0.15, 0.2) is 65.7 Å². The Labute approximate surface area is 163 Å². The van der Waals surface area contributed by atoms with Crippen LogP contribution in [0.4, 0.5) is 0 Å². The summed E-state index contributed by atoms with van der Waals surface area (Å²) in [7, 11) is 0. The van der Waals surface area contributed by atoms with Crippen molar-refractivity contribution in [1.82, 2.24) is 14.2 Å². The second-order valence-electron chi connectivity index (χ2n) is 7.29. The van der Waals surface area contributed by atoms with E-state index in [1.807, 2.05) is 69.3 Å². The van der Waals surface area contributed by atoms with Crippen LogP contribution >= 0.6 is 0 Å². The lowest BCUT2D eigenvalue weighted by atomic mass is 10.0. The summed E-state index contributed by atoms with van der Waals surface area (Å²) in [5, 5.41) is 15.2. The number of hydrogen-bond acceptors (Lipinski definition) is 3. The standard InChI is InChI=1S/C23H23N3O2/c1-15-8-9-18(12-17(15)3)22(27)14-25-10-11-26-21(23(25)28)13-20(24-26)19-7-5-4-6-16(19)2/h4-13,22,27H,14H2,1-3H3/t22-/m1/s1. The van der Waals surface area contributed by atoms with Crippen LogP contribution in [0.5, 0.6) is 0 Å². The van der Waals surface area contributed by atoms with E-state index in [1.165, 1.54) is 5.56 Å². The van der Waals surface area contributed by atoms with Gasteiger partial charge in [0.15, 0.2) is 0 Å². The summed E-state index contributed by atoms with van der Waals surface area (Å²) < 4.78 is 3.14. The average Bonchev–Trinajstić information content (AvgIpc) is 3.11. The van der Waals surface area contributed by atoms with E-state index in [1.54, 1.807) is 21.5 Å². The fourth-order valence-corrected chi connectivity index (χ4v) is 3.43. The molecule has 4 aromatic rings. The van der Waals surface area contributed by atoms with Crippen molar-refractivity contribution in [2.75, 3.05) is 0 Å². The van der Waals surface area contributed by atoms with Crippen molar-refractivity contribution in [3.63, 3.8) is 0 Å². The van der Waals surface area contributed by atoms with Crippen LogP contribution in [0.25, 0.3) is 16.8 Å². The van der Waals surface area contributed by atoms with Crippen LogP contribution < -0.4 is 5.56 Å². The van der Waals surface area contributed by atoms with Gasteiger partial charge in [-0.3, -0.25) is 4.79 Å². The van der Waals surface area contributed by atoms with E-state index >= 15 is 0 Å². The number of nitrogens with zero attached hydrogens (tertiary/aromatic N) is 3. The van der Waals surface area contributed by atoms with E-state index < -0.39 is 6.10 Å². The molecule has 0 aliphatic carbocycles. The Balaban J connectivity index is 1.69. The van der Waals surface area contributed by atoms with Crippen LogP contribution in [-0.2, 0) is 6.54 Å². The zero-order chi connectivity index (χ0) is 19.8. The fraction of sp³-hybridized carbons (Fsp3) is 0.217. The molecule has 0 fully saturated rings. The van der Waals surface area contributed by atoms with Crippen LogP contribution in [0.1, 0.15) is 28.4 Å². The molecule has 0 bridgehead atoms. The normalized spacial score (nSPS) is 12.4. The molecule has 4 rings (SSSR count). The minimum atomic E-state index is -0.752. The van der Waals surface area contributed by atoms with Gasteiger partial charge in [0.2, 0.25) is 0 Å². The Morgan fingerprint density at radius 2 is 1.75 bits per heavy atom. The van der Waals surface area contributed by atoms with Gasteiger partial charge in [0, 0.05) is 18.0 Å². The maximum Gasteiger partial charge on any atom is 0.276 e. The quantitative estimate of drug-likeness (QED) is 0.592. The molecule has 28 heavy (non-hydrogen) atoms. The van der Waals surface area contributed by atoms with Crippen molar-refractivity contribution < 1.29 is 5.11 Å². The topological polar surface area (TPSA) is 59.5 Å². The molecule has 2 aromatic carbocycles. The monoisotopic (exact) mass is 373 g/mol. The molecule has 5 nitrogen and oxygen atoms in total. The summed E-state index contributed by atoms with van der Waals surface area (Å²) in [6.07, 6.45) is 2.68. The smallest absolute Gasteiger partial charge is 0.276 e. The zero-order valence-electron chi connectivity index (χ0n) is 16.3. The summed E-state index contributed by atoms with van der Waals surface area (Å²) in [4.78, 5) is 12.9. The van der Waals surface area contributed by atoms with E-state index in [2.05, 4.69) is 5.10 Å². The Morgan fingerprint density at radius 1 is 0.964 bits per heavy atom. The van der Waals surface area contributed by atoms with Crippen LogP contribution in [0, 0.1) is 20.8 Å². The molecule has 142 valence electrons. The summed E-state index contributed by atoms with van der Waals surface area (Å²) in [6, 6.07) is 15.6. The molecule has 0 radical (unpaired) electrons. The number of hydrogen-bond donors (Lipinski definition) is 1. The van der Waals surface area contributed by atoms with E-state index in [9.17, 15) is 9.90 Å². The highest BCUT2D eigenvalue weighted by Gasteiger charge is 2.14. The summed E-state index contributed by atoms with van der Waals surface area (Å²) in [5.41, 5.74) is 6.32. The van der Waals surface area contributed by atoms with Gasteiger partial charge in [-0.2, -0.15) is 5.10 Å². The first-order valence-corrected chi connectivity index (χ1v) is 9.34. The van der Waals surface area contributed by atoms with Crippen molar-refractivity contribution in [1.29, 1.82) is 0 Å². The summed E-state index contributed by atoms with van der Waals surface area (Å²) >= 11 is 0. The third-order valence-electron chi connectivity index (χ3n) is 5.31. The lowest BCUT2D eigenvalue weighted by Crippen LogP contribution is -2.24. The number of benzene rings is 2. The Morgan fingerprint density at radius 3 is 2.50 bits per heavy atom. The van der Waals surface area contributed by atoms with Gasteiger partial charge in [0.25, 0.3) is 5.56 Å². The predicted molar refractivity (Wildman–Crippen MR) is 111 cm³/mol. The lowest BCUT2D eigenvalue weighted by Gasteiger charge is -2.14. The largest absolute Gasteiger partial charge is 0.387 e. The molecule has 0 unspecified atom stereocenters. The van der Waals surface area contributed by atoms with Crippen LogP contribution in [0.3, 0.4) is 0 Å². The Bertz CT molecular complexity index is 1220. The second-order valence-corrected chi connectivity index (χ2v) is 7.29. The van der Waals surface area contributed by atoms with E-state index in [-0.39, 0.29) is 12.1 Å². The van der Waals surface area contributed by atoms with Gasteiger partial charge in [0.1, 0.15) is 5.52 Å². The minimum Gasteiger partial charge on any atom is -0.387 e. The highest BCUT2D eigenvalue weighted by molar-refractivity contribution is 5.68. The van der Waals surface area contributed by atoms with Crippen LogP contribution in [-0.4, -0.2) is 19.3 Å². The van der Waals surface area contributed by atoms with E-state index in [0.29, 0.717) is 5.52 Å². The number of aliphatic hydroxyl groups is 1. The molecule has 1 atom stereocenters. The molecule has 0 saturated carbocycles. The molecule has 0 saturated heterocycles. The highest BCUT2D eigenvalue weighted by Crippen LogP contribution is 2.22. The number of aliphatic hydroxyl groups excluding tert-OH is 1. The first kappa shape index (κ1) is 18.2. The molecule has 0 aliphatic heterocycles. The molecular formula is C23H23N3O2. The van der Waals surface area contributed by atoms with Gasteiger partial charge in [-0.15, -0.1) is 0 Å². The maximum atomic E-state index is 12.9. The second kappa shape index (κ2) is 7.09. The summed E-state index contributed by atoms with van der Waals surface area (Å²) in [5.74, 6) is 0. The third kappa shape index (κ3) is 3.25. The van der Waals surface area contributed by atoms with Crippen molar-refractivity contribution in [2.45, 2.75) is 33.4 Å². The van der Waals surface area contributed by atoms with Crippen molar-refractivity contribution in [3.05, 3.63) is 93.5 Å². The molecule has 0 aliphatic rings. The molecule has 2 heterocycles. The number of aryl methyl sites for hydroxylation is 3. The lowest BCUT2D eigenvalue weighted by molar-refractivity contribution is 0.155.